The third-order valence-electron chi connectivity index (χ3n) is 2.07. The van der Waals surface area contributed by atoms with E-state index in [1.54, 1.807) is 7.11 Å². The quantitative estimate of drug-likeness (QED) is 0.922. The lowest BCUT2D eigenvalue weighted by Crippen LogP contribution is -2.25. The summed E-state index contributed by atoms with van der Waals surface area (Å²) in [6.45, 7) is 0.371. The van der Waals surface area contributed by atoms with E-state index >= 15 is 0 Å². The Balaban J connectivity index is 2.12. The van der Waals surface area contributed by atoms with Crippen LogP contribution in [0.1, 0.15) is 28.2 Å². The SMILES string of the molecule is COCc1nc(Br)sc1C(=O)NC1CC1. The second kappa shape index (κ2) is 4.59. The second-order valence-corrected chi connectivity index (χ2v) is 5.70. The van der Waals surface area contributed by atoms with Crippen LogP contribution in [0.5, 0.6) is 0 Å². The lowest BCUT2D eigenvalue weighted by molar-refractivity contribution is 0.0950. The van der Waals surface area contributed by atoms with Crippen LogP contribution in [0.25, 0.3) is 0 Å². The largest absolute Gasteiger partial charge is 0.378 e. The van der Waals surface area contributed by atoms with Gasteiger partial charge in [0.05, 0.1) is 12.3 Å². The highest BCUT2D eigenvalue weighted by Crippen LogP contribution is 2.26. The van der Waals surface area contributed by atoms with Gasteiger partial charge in [0.25, 0.3) is 5.91 Å². The highest BCUT2D eigenvalue weighted by atomic mass is 79.9. The monoisotopic (exact) mass is 290 g/mol. The maximum Gasteiger partial charge on any atom is 0.263 e. The molecular weight excluding hydrogens is 280 g/mol. The molecule has 2 rings (SSSR count). The molecule has 1 N–H and O–H groups in total. The molecule has 4 nitrogen and oxygen atoms in total. The van der Waals surface area contributed by atoms with Gasteiger partial charge >= 0.3 is 0 Å². The number of nitrogens with zero attached hydrogens (tertiary/aromatic N) is 1. The molecule has 1 saturated carbocycles. The summed E-state index contributed by atoms with van der Waals surface area (Å²) < 4.78 is 5.71. The van der Waals surface area contributed by atoms with Gasteiger partial charge in [-0.2, -0.15) is 0 Å². The van der Waals surface area contributed by atoms with Gasteiger partial charge in [-0.15, -0.1) is 11.3 Å². The van der Waals surface area contributed by atoms with Crippen molar-refractivity contribution in [2.45, 2.75) is 25.5 Å². The molecule has 1 aromatic heterocycles. The lowest BCUT2D eigenvalue weighted by atomic mass is 10.3. The van der Waals surface area contributed by atoms with E-state index in [9.17, 15) is 4.79 Å². The van der Waals surface area contributed by atoms with E-state index in [4.69, 9.17) is 4.74 Å². The lowest BCUT2D eigenvalue weighted by Gasteiger charge is -2.02. The van der Waals surface area contributed by atoms with Crippen LogP contribution >= 0.6 is 27.3 Å². The van der Waals surface area contributed by atoms with Gasteiger partial charge < -0.3 is 10.1 Å². The molecule has 0 saturated heterocycles. The minimum absolute atomic E-state index is 0.0345. The fourth-order valence-electron chi connectivity index (χ4n) is 1.21. The van der Waals surface area contributed by atoms with Crippen LogP contribution in [0, 0.1) is 0 Å². The van der Waals surface area contributed by atoms with Crippen molar-refractivity contribution in [3.05, 3.63) is 14.5 Å². The topological polar surface area (TPSA) is 51.2 Å². The Morgan fingerprint density at radius 3 is 3.07 bits per heavy atom. The van der Waals surface area contributed by atoms with E-state index in [1.807, 2.05) is 0 Å². The molecule has 15 heavy (non-hydrogen) atoms. The molecule has 0 aliphatic heterocycles. The van der Waals surface area contributed by atoms with Crippen molar-refractivity contribution in [1.29, 1.82) is 0 Å². The maximum atomic E-state index is 11.8. The highest BCUT2D eigenvalue weighted by Gasteiger charge is 2.26. The Labute approximate surface area is 100 Å². The molecule has 0 aromatic carbocycles. The van der Waals surface area contributed by atoms with E-state index in [1.165, 1.54) is 11.3 Å². The number of carbonyl (C=O) groups is 1. The summed E-state index contributed by atoms with van der Waals surface area (Å²) in [4.78, 5) is 16.6. The number of ether oxygens (including phenoxy) is 1. The van der Waals surface area contributed by atoms with E-state index in [0.29, 0.717) is 23.2 Å². The predicted octanol–water partition coefficient (Wildman–Crippen LogP) is 1.94. The van der Waals surface area contributed by atoms with Crippen LogP contribution in [0.15, 0.2) is 3.92 Å². The molecule has 1 aromatic rings. The van der Waals surface area contributed by atoms with Gasteiger partial charge in [0, 0.05) is 13.2 Å². The van der Waals surface area contributed by atoms with Crippen molar-refractivity contribution in [3.8, 4) is 0 Å². The third-order valence-corrected chi connectivity index (χ3v) is 3.62. The van der Waals surface area contributed by atoms with Gasteiger partial charge in [0.15, 0.2) is 3.92 Å². The van der Waals surface area contributed by atoms with Gasteiger partial charge in [-0.05, 0) is 28.8 Å². The van der Waals surface area contributed by atoms with Crippen LogP contribution in [-0.4, -0.2) is 24.0 Å². The molecule has 6 heteroatoms. The summed E-state index contributed by atoms with van der Waals surface area (Å²) in [6.07, 6.45) is 2.18. The average Bonchev–Trinajstić information content (AvgIpc) is 2.90. The first kappa shape index (κ1) is 11.0. The van der Waals surface area contributed by atoms with Gasteiger partial charge in [-0.25, -0.2) is 4.98 Å². The Morgan fingerprint density at radius 1 is 1.73 bits per heavy atom. The summed E-state index contributed by atoms with van der Waals surface area (Å²) in [5.41, 5.74) is 0.701. The van der Waals surface area contributed by atoms with Gasteiger partial charge in [0.1, 0.15) is 4.88 Å². The summed E-state index contributed by atoms with van der Waals surface area (Å²) >= 11 is 4.62. The zero-order valence-corrected chi connectivity index (χ0v) is 10.7. The molecule has 1 aliphatic carbocycles. The Morgan fingerprint density at radius 2 is 2.47 bits per heavy atom. The first-order valence-electron chi connectivity index (χ1n) is 4.65. The maximum absolute atomic E-state index is 11.8. The second-order valence-electron chi connectivity index (χ2n) is 3.42. The third kappa shape index (κ3) is 2.76. The summed E-state index contributed by atoms with van der Waals surface area (Å²) in [5, 5.41) is 2.94. The first-order chi connectivity index (χ1) is 7.20. The molecule has 1 heterocycles. The van der Waals surface area contributed by atoms with Crippen LogP contribution in [-0.2, 0) is 11.3 Å². The fourth-order valence-corrected chi connectivity index (χ4v) is 2.61. The van der Waals surface area contributed by atoms with E-state index in [2.05, 4.69) is 26.2 Å². The zero-order chi connectivity index (χ0) is 10.8. The van der Waals surface area contributed by atoms with Crippen molar-refractivity contribution in [3.63, 3.8) is 0 Å². The summed E-state index contributed by atoms with van der Waals surface area (Å²) in [5.74, 6) is -0.0345. The van der Waals surface area contributed by atoms with Crippen molar-refractivity contribution < 1.29 is 9.53 Å². The summed E-state index contributed by atoms with van der Waals surface area (Å²) in [7, 11) is 1.59. The molecule has 0 bridgehead atoms. The van der Waals surface area contributed by atoms with Gasteiger partial charge in [-0.3, -0.25) is 4.79 Å². The standard InChI is InChI=1S/C9H11BrN2O2S/c1-14-4-6-7(15-9(10)12-6)8(13)11-5-2-3-5/h5H,2-4H2,1H3,(H,11,13). The first-order valence-corrected chi connectivity index (χ1v) is 6.26. The molecule has 0 atom stereocenters. The van der Waals surface area contributed by atoms with Crippen LogP contribution < -0.4 is 5.32 Å². The number of hydrogen-bond acceptors (Lipinski definition) is 4. The number of rotatable bonds is 4. The predicted molar refractivity (Wildman–Crippen MR) is 61.0 cm³/mol. The molecule has 1 fully saturated rings. The van der Waals surface area contributed by atoms with Gasteiger partial charge in [0.2, 0.25) is 0 Å². The van der Waals surface area contributed by atoms with Crippen molar-refractivity contribution in [2.75, 3.05) is 7.11 Å². The van der Waals surface area contributed by atoms with Crippen LogP contribution in [0.3, 0.4) is 0 Å². The smallest absolute Gasteiger partial charge is 0.263 e. The molecular formula is C9H11BrN2O2S. The highest BCUT2D eigenvalue weighted by molar-refractivity contribution is 9.11. The molecule has 0 spiro atoms. The number of halogens is 1. The average molecular weight is 291 g/mol. The number of methoxy groups -OCH3 is 1. The number of amides is 1. The Bertz CT molecular complexity index is 376. The van der Waals surface area contributed by atoms with Crippen LogP contribution in [0.2, 0.25) is 0 Å². The minimum atomic E-state index is -0.0345. The Hall–Kier alpha value is -0.460. The van der Waals surface area contributed by atoms with Gasteiger partial charge in [-0.1, -0.05) is 0 Å². The molecule has 0 unspecified atom stereocenters. The molecule has 0 radical (unpaired) electrons. The van der Waals surface area contributed by atoms with E-state index in [-0.39, 0.29) is 5.91 Å². The normalized spacial score (nSPS) is 15.3. The zero-order valence-electron chi connectivity index (χ0n) is 8.25. The minimum Gasteiger partial charge on any atom is -0.378 e. The number of carbonyl (C=O) groups excluding carboxylic acids is 1. The van der Waals surface area contributed by atoms with E-state index in [0.717, 1.165) is 16.8 Å². The van der Waals surface area contributed by atoms with Crippen molar-refractivity contribution in [2.24, 2.45) is 0 Å². The number of aromatic nitrogens is 1. The molecule has 82 valence electrons. The molecule has 1 amide bonds. The van der Waals surface area contributed by atoms with Crippen LogP contribution in [0.4, 0.5) is 0 Å². The Kier molecular flexibility index (Phi) is 3.38. The number of thiazole rings is 1. The molecule has 1 aliphatic rings. The fraction of sp³-hybridized carbons (Fsp3) is 0.556. The van der Waals surface area contributed by atoms with E-state index < -0.39 is 0 Å². The van der Waals surface area contributed by atoms with Crippen molar-refractivity contribution >= 4 is 33.2 Å². The number of hydrogen-bond donors (Lipinski definition) is 1. The number of nitrogens with one attached hydrogen (secondary N) is 1. The van der Waals surface area contributed by atoms with Crippen molar-refractivity contribution in [1.82, 2.24) is 10.3 Å². The summed E-state index contributed by atoms with van der Waals surface area (Å²) in [6, 6.07) is 0.369.